The van der Waals surface area contributed by atoms with E-state index < -0.39 is 0 Å². The Labute approximate surface area is 162 Å². The van der Waals surface area contributed by atoms with Gasteiger partial charge in [0.15, 0.2) is 0 Å². The number of rotatable bonds is 4. The third-order valence-electron chi connectivity index (χ3n) is 5.40. The Morgan fingerprint density at radius 1 is 1.18 bits per heavy atom. The van der Waals surface area contributed by atoms with Crippen LogP contribution in [0.2, 0.25) is 0 Å². The van der Waals surface area contributed by atoms with Crippen molar-refractivity contribution in [1.82, 2.24) is 19.3 Å². The lowest BCUT2D eigenvalue weighted by atomic mass is 10.0. The molecule has 0 bridgehead atoms. The van der Waals surface area contributed by atoms with Crippen LogP contribution >= 0.6 is 0 Å². The Morgan fingerprint density at radius 2 is 2.00 bits per heavy atom. The quantitative estimate of drug-likeness (QED) is 0.695. The fraction of sp³-hybridized carbons (Fsp3) is 0.429. The molecule has 146 valence electrons. The van der Waals surface area contributed by atoms with E-state index in [1.165, 1.54) is 4.57 Å². The highest BCUT2D eigenvalue weighted by atomic mass is 16.5. The molecule has 3 heterocycles. The first kappa shape index (κ1) is 18.4. The van der Waals surface area contributed by atoms with Crippen LogP contribution in [0.15, 0.2) is 32.3 Å². The summed E-state index contributed by atoms with van der Waals surface area (Å²) >= 11 is 0. The second-order valence-corrected chi connectivity index (χ2v) is 7.40. The Kier molecular flexibility index (Phi) is 4.75. The Hall–Kier alpha value is -2.96. The summed E-state index contributed by atoms with van der Waals surface area (Å²) in [5, 5.41) is 4.02. The molecule has 0 N–H and O–H groups in total. The van der Waals surface area contributed by atoms with E-state index in [4.69, 9.17) is 4.52 Å². The number of hydrogen-bond acceptors (Lipinski definition) is 5. The van der Waals surface area contributed by atoms with E-state index in [9.17, 15) is 9.59 Å². The van der Waals surface area contributed by atoms with E-state index in [0.29, 0.717) is 30.8 Å². The zero-order valence-corrected chi connectivity index (χ0v) is 16.5. The number of benzene rings is 1. The molecule has 0 spiro atoms. The summed E-state index contributed by atoms with van der Waals surface area (Å²) in [6.07, 6.45) is 3.12. The molecule has 1 aromatic carbocycles. The fourth-order valence-electron chi connectivity index (χ4n) is 3.85. The van der Waals surface area contributed by atoms with Gasteiger partial charge in [0.25, 0.3) is 5.56 Å². The van der Waals surface area contributed by atoms with Crippen LogP contribution in [0.4, 0.5) is 0 Å². The first-order chi connectivity index (χ1) is 13.5. The lowest BCUT2D eigenvalue weighted by molar-refractivity contribution is 0.382. The van der Waals surface area contributed by atoms with Gasteiger partial charge in [0.1, 0.15) is 5.56 Å². The van der Waals surface area contributed by atoms with Crippen LogP contribution in [0.25, 0.3) is 11.4 Å². The Balaban J connectivity index is 1.93. The van der Waals surface area contributed by atoms with Gasteiger partial charge in [0, 0.05) is 18.7 Å². The lowest BCUT2D eigenvalue weighted by Gasteiger charge is -2.22. The number of hydrogen-bond donors (Lipinski definition) is 0. The third-order valence-corrected chi connectivity index (χ3v) is 5.40. The number of fused-ring (bicyclic) bond motifs is 1. The third kappa shape index (κ3) is 3.10. The molecule has 28 heavy (non-hydrogen) atoms. The molecule has 0 saturated heterocycles. The summed E-state index contributed by atoms with van der Waals surface area (Å²) in [6.45, 7) is 6.77. The number of nitrogens with zero attached hydrogens (tertiary/aromatic N) is 4. The van der Waals surface area contributed by atoms with Crippen molar-refractivity contribution in [3.63, 3.8) is 0 Å². The molecular weight excluding hydrogens is 356 g/mol. The van der Waals surface area contributed by atoms with E-state index in [2.05, 4.69) is 16.2 Å². The van der Waals surface area contributed by atoms with Gasteiger partial charge in [-0.1, -0.05) is 35.8 Å². The molecule has 0 amide bonds. The molecule has 0 unspecified atom stereocenters. The smallest absolute Gasteiger partial charge is 0.331 e. The highest BCUT2D eigenvalue weighted by Gasteiger charge is 2.25. The minimum absolute atomic E-state index is 0.232. The topological polar surface area (TPSA) is 82.9 Å². The summed E-state index contributed by atoms with van der Waals surface area (Å²) in [6, 6.07) is 6.03. The first-order valence-electron chi connectivity index (χ1n) is 9.75. The molecule has 3 aromatic rings. The van der Waals surface area contributed by atoms with E-state index in [1.54, 1.807) is 4.57 Å². The SMILES string of the molecule is CCc1nc(-c2c3n(c(=O)n(Cc4ccc(C)cc4C)c2=O)CCCC3)no1. The van der Waals surface area contributed by atoms with Crippen LogP contribution in [0.1, 0.15) is 48.0 Å². The zero-order valence-electron chi connectivity index (χ0n) is 16.5. The second-order valence-electron chi connectivity index (χ2n) is 7.40. The van der Waals surface area contributed by atoms with Crippen LogP contribution < -0.4 is 11.2 Å². The summed E-state index contributed by atoms with van der Waals surface area (Å²) in [4.78, 5) is 30.9. The van der Waals surface area contributed by atoms with E-state index >= 15 is 0 Å². The largest absolute Gasteiger partial charge is 0.339 e. The maximum atomic E-state index is 13.4. The zero-order chi connectivity index (χ0) is 19.8. The van der Waals surface area contributed by atoms with Crippen LogP contribution in [-0.4, -0.2) is 19.3 Å². The van der Waals surface area contributed by atoms with Gasteiger partial charge in [-0.05, 0) is 44.2 Å². The molecule has 0 atom stereocenters. The molecule has 2 aromatic heterocycles. The maximum Gasteiger partial charge on any atom is 0.331 e. The number of aromatic nitrogens is 4. The van der Waals surface area contributed by atoms with E-state index in [-0.39, 0.29) is 23.6 Å². The molecule has 0 radical (unpaired) electrons. The van der Waals surface area contributed by atoms with Crippen LogP contribution in [0.3, 0.4) is 0 Å². The van der Waals surface area contributed by atoms with Crippen molar-refractivity contribution in [1.29, 1.82) is 0 Å². The molecule has 0 fully saturated rings. The normalized spacial score (nSPS) is 13.5. The van der Waals surface area contributed by atoms with Gasteiger partial charge >= 0.3 is 5.69 Å². The highest BCUT2D eigenvalue weighted by molar-refractivity contribution is 5.57. The van der Waals surface area contributed by atoms with Crippen molar-refractivity contribution in [2.75, 3.05) is 0 Å². The van der Waals surface area contributed by atoms with Crippen LogP contribution in [0.5, 0.6) is 0 Å². The average molecular weight is 380 g/mol. The molecule has 0 saturated carbocycles. The fourth-order valence-corrected chi connectivity index (χ4v) is 3.85. The Bertz CT molecular complexity index is 1150. The van der Waals surface area contributed by atoms with Crippen LogP contribution in [-0.2, 0) is 25.9 Å². The van der Waals surface area contributed by atoms with Crippen molar-refractivity contribution < 1.29 is 4.52 Å². The van der Waals surface area contributed by atoms with Gasteiger partial charge in [-0.15, -0.1) is 0 Å². The van der Waals surface area contributed by atoms with Crippen molar-refractivity contribution in [3.05, 3.63) is 67.3 Å². The summed E-state index contributed by atoms with van der Waals surface area (Å²) in [5.74, 6) is 0.762. The van der Waals surface area contributed by atoms with Gasteiger partial charge in [0.2, 0.25) is 11.7 Å². The minimum Gasteiger partial charge on any atom is -0.339 e. The van der Waals surface area contributed by atoms with Crippen molar-refractivity contribution >= 4 is 0 Å². The van der Waals surface area contributed by atoms with Crippen molar-refractivity contribution in [2.24, 2.45) is 0 Å². The average Bonchev–Trinajstić information content (AvgIpc) is 3.15. The predicted molar refractivity (Wildman–Crippen MR) is 106 cm³/mol. The molecule has 0 aliphatic carbocycles. The summed E-state index contributed by atoms with van der Waals surface area (Å²) in [5.41, 5.74) is 3.67. The summed E-state index contributed by atoms with van der Waals surface area (Å²) < 4.78 is 8.26. The van der Waals surface area contributed by atoms with Gasteiger partial charge in [-0.3, -0.25) is 13.9 Å². The van der Waals surface area contributed by atoms with Crippen molar-refractivity contribution in [3.8, 4) is 11.4 Å². The molecule has 1 aliphatic rings. The van der Waals surface area contributed by atoms with Crippen LogP contribution in [0, 0.1) is 13.8 Å². The molecule has 7 heteroatoms. The molecule has 1 aliphatic heterocycles. The predicted octanol–water partition coefficient (Wildman–Crippen LogP) is 2.62. The van der Waals surface area contributed by atoms with E-state index in [1.807, 2.05) is 32.9 Å². The number of aryl methyl sites for hydroxylation is 3. The summed E-state index contributed by atoms with van der Waals surface area (Å²) in [7, 11) is 0. The molecule has 7 nitrogen and oxygen atoms in total. The van der Waals surface area contributed by atoms with Crippen molar-refractivity contribution in [2.45, 2.75) is 59.5 Å². The minimum atomic E-state index is -0.346. The lowest BCUT2D eigenvalue weighted by Crippen LogP contribution is -2.44. The van der Waals surface area contributed by atoms with E-state index in [0.717, 1.165) is 35.2 Å². The highest BCUT2D eigenvalue weighted by Crippen LogP contribution is 2.22. The standard InChI is InChI=1S/C21H24N4O3/c1-4-17-22-19(23-28-17)18-16-7-5-6-10-24(16)21(27)25(20(18)26)12-15-9-8-13(2)11-14(15)3/h8-9,11H,4-7,10,12H2,1-3H3. The second kappa shape index (κ2) is 7.22. The van der Waals surface area contributed by atoms with Gasteiger partial charge < -0.3 is 4.52 Å². The molecule has 4 rings (SSSR count). The monoisotopic (exact) mass is 380 g/mol. The Morgan fingerprint density at radius 3 is 2.71 bits per heavy atom. The first-order valence-corrected chi connectivity index (χ1v) is 9.75. The maximum absolute atomic E-state index is 13.4. The van der Waals surface area contributed by atoms with Gasteiger partial charge in [-0.2, -0.15) is 4.98 Å². The van der Waals surface area contributed by atoms with Gasteiger partial charge in [-0.25, -0.2) is 4.79 Å². The van der Waals surface area contributed by atoms with Gasteiger partial charge in [0.05, 0.1) is 6.54 Å². The molecular formula is C21H24N4O3.